The van der Waals surface area contributed by atoms with Crippen LogP contribution in [0.15, 0.2) is 30.6 Å². The lowest BCUT2D eigenvalue weighted by Crippen LogP contribution is -2.10. The summed E-state index contributed by atoms with van der Waals surface area (Å²) in [6, 6.07) is 4.32. The Kier molecular flexibility index (Phi) is 6.14. The molecule has 2 aromatic rings. The van der Waals surface area contributed by atoms with Crippen molar-refractivity contribution in [2.45, 2.75) is 13.0 Å². The molecule has 5 nitrogen and oxygen atoms in total. The highest BCUT2D eigenvalue weighted by atomic mass is 35.5. The molecular formula is C13H14ClFN2O3. The summed E-state index contributed by atoms with van der Waals surface area (Å²) in [4.78, 5) is 12.5. The van der Waals surface area contributed by atoms with E-state index in [1.807, 2.05) is 6.92 Å². The van der Waals surface area contributed by atoms with Crippen LogP contribution in [0.2, 0.25) is 5.02 Å². The number of nitrogens with zero attached hydrogens (tertiary/aromatic N) is 2. The molecule has 0 aliphatic rings. The van der Waals surface area contributed by atoms with Gasteiger partial charge in [0.25, 0.3) is 6.47 Å². The fourth-order valence-corrected chi connectivity index (χ4v) is 1.91. The molecule has 20 heavy (non-hydrogen) atoms. The van der Waals surface area contributed by atoms with Gasteiger partial charge in [0.15, 0.2) is 0 Å². The monoisotopic (exact) mass is 300 g/mol. The Morgan fingerprint density at radius 3 is 2.75 bits per heavy atom. The molecule has 2 N–H and O–H groups in total. The third-order valence-electron chi connectivity index (χ3n) is 2.59. The van der Waals surface area contributed by atoms with Crippen LogP contribution < -0.4 is 0 Å². The first kappa shape index (κ1) is 16.1. The molecule has 0 amide bonds. The molecule has 2 rings (SSSR count). The SMILES string of the molecule is C[C@H](CO)n1ccnc1-c1c(F)cccc1Cl.O=CO. The Morgan fingerprint density at radius 1 is 1.55 bits per heavy atom. The smallest absolute Gasteiger partial charge is 0.290 e. The van der Waals surface area contributed by atoms with E-state index >= 15 is 0 Å². The van der Waals surface area contributed by atoms with Crippen molar-refractivity contribution in [3.05, 3.63) is 41.4 Å². The summed E-state index contributed by atoms with van der Waals surface area (Å²) < 4.78 is 15.5. The molecule has 0 fully saturated rings. The highest BCUT2D eigenvalue weighted by molar-refractivity contribution is 6.33. The first-order chi connectivity index (χ1) is 9.56. The van der Waals surface area contributed by atoms with Gasteiger partial charge in [-0.05, 0) is 19.1 Å². The quantitative estimate of drug-likeness (QED) is 0.854. The van der Waals surface area contributed by atoms with Crippen molar-refractivity contribution in [3.63, 3.8) is 0 Å². The molecule has 0 saturated carbocycles. The summed E-state index contributed by atoms with van der Waals surface area (Å²) in [7, 11) is 0. The van der Waals surface area contributed by atoms with Gasteiger partial charge in [0.1, 0.15) is 11.6 Å². The number of halogens is 2. The number of aliphatic hydroxyl groups excluding tert-OH is 1. The molecule has 0 aliphatic heterocycles. The van der Waals surface area contributed by atoms with Gasteiger partial charge in [-0.1, -0.05) is 17.7 Å². The van der Waals surface area contributed by atoms with Crippen molar-refractivity contribution < 1.29 is 19.4 Å². The first-order valence-corrected chi connectivity index (χ1v) is 6.10. The lowest BCUT2D eigenvalue weighted by Gasteiger charge is -2.14. The molecule has 7 heteroatoms. The highest BCUT2D eigenvalue weighted by Gasteiger charge is 2.17. The number of aromatic nitrogens is 2. The average Bonchev–Trinajstić information content (AvgIpc) is 2.88. The zero-order valence-corrected chi connectivity index (χ0v) is 11.5. The van der Waals surface area contributed by atoms with Crippen LogP contribution in [0.1, 0.15) is 13.0 Å². The van der Waals surface area contributed by atoms with E-state index < -0.39 is 5.82 Å². The summed E-state index contributed by atoms with van der Waals surface area (Å²) in [5.74, 6) is 0.00439. The van der Waals surface area contributed by atoms with Crippen molar-refractivity contribution in [1.82, 2.24) is 9.55 Å². The normalized spacial score (nSPS) is 11.4. The molecule has 1 heterocycles. The van der Waals surface area contributed by atoms with Crippen LogP contribution in [0, 0.1) is 5.82 Å². The number of imidazole rings is 1. The highest BCUT2D eigenvalue weighted by Crippen LogP contribution is 2.30. The summed E-state index contributed by atoms with van der Waals surface area (Å²) in [5, 5.41) is 16.3. The Labute approximate surface area is 120 Å². The van der Waals surface area contributed by atoms with E-state index in [-0.39, 0.29) is 24.7 Å². The lowest BCUT2D eigenvalue weighted by molar-refractivity contribution is -0.122. The standard InChI is InChI=1S/C12H12ClFN2O.CH2O2/c1-8(7-17)16-6-5-15-12(16)11-9(13)3-2-4-10(11)14;2-1-3/h2-6,8,17H,7H2,1H3;1H,(H,2,3)/t8-;/m1./s1. The Bertz CT molecular complexity index is 554. The van der Waals surface area contributed by atoms with E-state index in [1.54, 1.807) is 29.1 Å². The minimum Gasteiger partial charge on any atom is -0.483 e. The second kappa shape index (κ2) is 7.62. The van der Waals surface area contributed by atoms with Crippen LogP contribution in [0.4, 0.5) is 4.39 Å². The van der Waals surface area contributed by atoms with Crippen LogP contribution in [-0.4, -0.2) is 32.8 Å². The summed E-state index contributed by atoms with van der Waals surface area (Å²) in [6.45, 7) is 1.52. The second-order valence-corrected chi connectivity index (χ2v) is 4.30. The van der Waals surface area contributed by atoms with Crippen LogP contribution in [0.5, 0.6) is 0 Å². The molecule has 1 aromatic carbocycles. The fraction of sp³-hybridized carbons (Fsp3) is 0.231. The first-order valence-electron chi connectivity index (χ1n) is 5.72. The molecule has 0 bridgehead atoms. The summed E-state index contributed by atoms with van der Waals surface area (Å²) >= 11 is 5.98. The van der Waals surface area contributed by atoms with E-state index in [9.17, 15) is 4.39 Å². The van der Waals surface area contributed by atoms with E-state index in [4.69, 9.17) is 26.6 Å². The Hall–Kier alpha value is -1.92. The maximum atomic E-state index is 13.8. The number of hydrogen-bond donors (Lipinski definition) is 2. The molecular weight excluding hydrogens is 287 g/mol. The third-order valence-corrected chi connectivity index (χ3v) is 2.91. The van der Waals surface area contributed by atoms with Gasteiger partial charge in [-0.2, -0.15) is 0 Å². The zero-order valence-electron chi connectivity index (χ0n) is 10.7. The van der Waals surface area contributed by atoms with Gasteiger partial charge in [-0.25, -0.2) is 9.37 Å². The minimum atomic E-state index is -0.421. The van der Waals surface area contributed by atoms with Gasteiger partial charge in [0.05, 0.1) is 23.2 Å². The van der Waals surface area contributed by atoms with E-state index in [2.05, 4.69) is 4.98 Å². The maximum absolute atomic E-state index is 13.8. The number of rotatable bonds is 3. The molecule has 0 saturated heterocycles. The van der Waals surface area contributed by atoms with Crippen LogP contribution in [0.25, 0.3) is 11.4 Å². The molecule has 108 valence electrons. The maximum Gasteiger partial charge on any atom is 0.290 e. The van der Waals surface area contributed by atoms with E-state index in [0.29, 0.717) is 10.8 Å². The molecule has 0 radical (unpaired) electrons. The third kappa shape index (κ3) is 3.55. The lowest BCUT2D eigenvalue weighted by atomic mass is 10.2. The summed E-state index contributed by atoms with van der Waals surface area (Å²) in [6.07, 6.45) is 3.25. The van der Waals surface area contributed by atoms with Crippen LogP contribution >= 0.6 is 11.6 Å². The predicted molar refractivity (Wildman–Crippen MR) is 73.1 cm³/mol. The van der Waals surface area contributed by atoms with Gasteiger partial charge in [-0.15, -0.1) is 0 Å². The van der Waals surface area contributed by atoms with E-state index in [1.165, 1.54) is 6.07 Å². The number of carboxylic acid groups (broad SMARTS) is 1. The zero-order chi connectivity index (χ0) is 15.1. The van der Waals surface area contributed by atoms with E-state index in [0.717, 1.165) is 0 Å². The summed E-state index contributed by atoms with van der Waals surface area (Å²) in [5.41, 5.74) is 0.263. The van der Waals surface area contributed by atoms with Crippen LogP contribution in [0.3, 0.4) is 0 Å². The van der Waals surface area contributed by atoms with Gasteiger partial charge in [0, 0.05) is 12.4 Å². The Morgan fingerprint density at radius 2 is 2.20 bits per heavy atom. The molecule has 0 unspecified atom stereocenters. The minimum absolute atomic E-state index is 0.0462. The average molecular weight is 301 g/mol. The van der Waals surface area contributed by atoms with Gasteiger partial charge in [-0.3, -0.25) is 4.79 Å². The van der Waals surface area contributed by atoms with Crippen molar-refractivity contribution in [3.8, 4) is 11.4 Å². The molecule has 1 aromatic heterocycles. The Balaban J connectivity index is 0.000000612. The number of hydrogen-bond acceptors (Lipinski definition) is 3. The predicted octanol–water partition coefficient (Wildman–Crippen LogP) is 2.60. The van der Waals surface area contributed by atoms with Gasteiger partial charge >= 0.3 is 0 Å². The van der Waals surface area contributed by atoms with Gasteiger partial charge < -0.3 is 14.8 Å². The largest absolute Gasteiger partial charge is 0.483 e. The number of benzene rings is 1. The van der Waals surface area contributed by atoms with Crippen LogP contribution in [-0.2, 0) is 4.79 Å². The topological polar surface area (TPSA) is 75.3 Å². The molecule has 0 aliphatic carbocycles. The molecule has 0 spiro atoms. The fourth-order valence-electron chi connectivity index (χ4n) is 1.66. The van der Waals surface area contributed by atoms with Crippen molar-refractivity contribution in [2.75, 3.05) is 6.61 Å². The number of aliphatic hydroxyl groups is 1. The van der Waals surface area contributed by atoms with Crippen molar-refractivity contribution >= 4 is 18.1 Å². The van der Waals surface area contributed by atoms with Crippen molar-refractivity contribution in [1.29, 1.82) is 0 Å². The number of carbonyl (C=O) groups is 1. The second-order valence-electron chi connectivity index (χ2n) is 3.89. The van der Waals surface area contributed by atoms with Crippen molar-refractivity contribution in [2.24, 2.45) is 0 Å². The van der Waals surface area contributed by atoms with Gasteiger partial charge in [0.2, 0.25) is 0 Å². The molecule has 1 atom stereocenters.